The van der Waals surface area contributed by atoms with Crippen molar-refractivity contribution in [3.05, 3.63) is 35.9 Å². The molecule has 2 heterocycles. The average Bonchev–Trinajstić information content (AvgIpc) is 3.09. The van der Waals surface area contributed by atoms with Gasteiger partial charge < -0.3 is 10.6 Å². The molecule has 1 spiro atoms. The molecule has 4 amide bonds. The number of piperazine rings is 1. The molecular weight excluding hydrogens is 454 g/mol. The molecule has 1 aliphatic carbocycles. The summed E-state index contributed by atoms with van der Waals surface area (Å²) in [6.07, 6.45) is 4.25. The summed E-state index contributed by atoms with van der Waals surface area (Å²) in [7, 11) is 0. The molecule has 1 saturated carbocycles. The van der Waals surface area contributed by atoms with Crippen molar-refractivity contribution in [1.82, 2.24) is 25.3 Å². The third-order valence-corrected chi connectivity index (χ3v) is 8.87. The fourth-order valence-electron chi connectivity index (χ4n) is 5.91. The maximum atomic E-state index is 13.2. The van der Waals surface area contributed by atoms with Crippen LogP contribution in [0.15, 0.2) is 30.3 Å². The van der Waals surface area contributed by atoms with Gasteiger partial charge in [-0.15, -0.1) is 0 Å². The number of hydrogen-bond donors (Lipinski definition) is 2. The Bertz CT molecular complexity index is 918. The number of amides is 4. The van der Waals surface area contributed by atoms with E-state index in [2.05, 4.69) is 65.5 Å². The zero-order valence-corrected chi connectivity index (χ0v) is 22.2. The third-order valence-electron chi connectivity index (χ3n) is 8.87. The van der Waals surface area contributed by atoms with E-state index in [1.807, 2.05) is 6.07 Å². The zero-order chi connectivity index (χ0) is 25.8. The van der Waals surface area contributed by atoms with Crippen molar-refractivity contribution in [3.8, 4) is 0 Å². The van der Waals surface area contributed by atoms with Gasteiger partial charge in [0.15, 0.2) is 0 Å². The normalized spacial score (nSPS) is 25.9. The van der Waals surface area contributed by atoms with Crippen LogP contribution in [-0.2, 0) is 16.1 Å². The summed E-state index contributed by atoms with van der Waals surface area (Å²) in [5, 5.41) is 5.85. The molecule has 0 radical (unpaired) electrons. The minimum atomic E-state index is -0.822. The van der Waals surface area contributed by atoms with Crippen LogP contribution in [0, 0.1) is 11.3 Å². The molecule has 8 heteroatoms. The van der Waals surface area contributed by atoms with Crippen molar-refractivity contribution in [1.29, 1.82) is 0 Å². The molecule has 4 rings (SSSR count). The van der Waals surface area contributed by atoms with Crippen LogP contribution in [0.2, 0.25) is 0 Å². The molecule has 198 valence electrons. The van der Waals surface area contributed by atoms with Gasteiger partial charge in [0.25, 0.3) is 5.91 Å². The zero-order valence-electron chi connectivity index (χ0n) is 22.2. The second-order valence-corrected chi connectivity index (χ2v) is 11.5. The van der Waals surface area contributed by atoms with Crippen LogP contribution in [0.4, 0.5) is 4.79 Å². The predicted octanol–water partition coefficient (Wildman–Crippen LogP) is 2.84. The molecule has 0 aromatic heterocycles. The highest BCUT2D eigenvalue weighted by molar-refractivity contribution is 6.09. The first-order chi connectivity index (χ1) is 17.2. The fraction of sp³-hybridized carbons (Fsp3) is 0.679. The number of carbonyl (C=O) groups excluding carboxylic acids is 3. The Hall–Kier alpha value is -2.45. The van der Waals surface area contributed by atoms with Gasteiger partial charge >= 0.3 is 6.03 Å². The Kier molecular flexibility index (Phi) is 8.35. The maximum Gasteiger partial charge on any atom is 0.325 e. The topological polar surface area (TPSA) is 85.0 Å². The molecule has 0 unspecified atom stereocenters. The molecule has 8 nitrogen and oxygen atoms in total. The minimum Gasteiger partial charge on any atom is -0.353 e. The van der Waals surface area contributed by atoms with E-state index >= 15 is 0 Å². The lowest BCUT2D eigenvalue weighted by Gasteiger charge is -2.42. The number of hydrogen-bond acceptors (Lipinski definition) is 5. The van der Waals surface area contributed by atoms with Crippen LogP contribution < -0.4 is 10.6 Å². The number of urea groups is 1. The second kappa shape index (κ2) is 11.3. The van der Waals surface area contributed by atoms with Gasteiger partial charge in [0, 0.05) is 45.8 Å². The molecule has 3 fully saturated rings. The number of nitrogens with zero attached hydrogens (tertiary/aromatic N) is 3. The lowest BCUT2D eigenvalue weighted by molar-refractivity contribution is -0.136. The van der Waals surface area contributed by atoms with Gasteiger partial charge in [-0.3, -0.25) is 24.3 Å². The summed E-state index contributed by atoms with van der Waals surface area (Å²) >= 11 is 0. The van der Waals surface area contributed by atoms with Crippen LogP contribution in [0.5, 0.6) is 0 Å². The number of carbonyl (C=O) groups is 3. The van der Waals surface area contributed by atoms with Gasteiger partial charge in [-0.2, -0.15) is 0 Å². The standard InChI is InChI=1S/C28H43N5O3/c1-4-27(2,3)23-10-12-28(13-11-23)25(35)33(26(36)30-28)21-24(34)29-14-15-31-16-18-32(19-17-31)20-22-8-6-5-7-9-22/h5-9,23H,4,10-21H2,1-3H3,(H,29,34)(H,30,36). The van der Waals surface area contributed by atoms with Gasteiger partial charge in [-0.05, 0) is 42.6 Å². The van der Waals surface area contributed by atoms with Gasteiger partial charge in [0.05, 0.1) is 0 Å². The Morgan fingerprint density at radius 2 is 1.69 bits per heavy atom. The van der Waals surface area contributed by atoms with E-state index in [1.54, 1.807) is 0 Å². The average molecular weight is 498 g/mol. The van der Waals surface area contributed by atoms with Gasteiger partial charge in [-0.1, -0.05) is 57.5 Å². The smallest absolute Gasteiger partial charge is 0.325 e. The monoisotopic (exact) mass is 497 g/mol. The first-order valence-corrected chi connectivity index (χ1v) is 13.6. The second-order valence-electron chi connectivity index (χ2n) is 11.5. The predicted molar refractivity (Wildman–Crippen MR) is 140 cm³/mol. The van der Waals surface area contributed by atoms with E-state index in [9.17, 15) is 14.4 Å². The fourth-order valence-corrected chi connectivity index (χ4v) is 5.91. The maximum absolute atomic E-state index is 13.2. The Balaban J connectivity index is 1.17. The van der Waals surface area contributed by atoms with E-state index in [1.165, 1.54) is 5.56 Å². The first kappa shape index (κ1) is 26.6. The van der Waals surface area contributed by atoms with Crippen molar-refractivity contribution in [2.45, 2.75) is 65.0 Å². The van der Waals surface area contributed by atoms with Gasteiger partial charge in [0.1, 0.15) is 12.1 Å². The Morgan fingerprint density at radius 1 is 1.06 bits per heavy atom. The molecule has 0 atom stereocenters. The van der Waals surface area contributed by atoms with E-state index < -0.39 is 11.6 Å². The number of imide groups is 1. The third kappa shape index (κ3) is 6.09. The summed E-state index contributed by atoms with van der Waals surface area (Å²) in [5.41, 5.74) is 0.747. The van der Waals surface area contributed by atoms with Crippen LogP contribution in [0.3, 0.4) is 0 Å². The Labute approximate surface area is 215 Å². The Morgan fingerprint density at radius 3 is 2.33 bits per heavy atom. The molecule has 2 N–H and O–H groups in total. The summed E-state index contributed by atoms with van der Waals surface area (Å²) in [6.45, 7) is 12.8. The largest absolute Gasteiger partial charge is 0.353 e. The molecular formula is C28H43N5O3. The summed E-state index contributed by atoms with van der Waals surface area (Å²) in [4.78, 5) is 44.3. The lowest BCUT2D eigenvalue weighted by atomic mass is 9.65. The van der Waals surface area contributed by atoms with Gasteiger partial charge in [0.2, 0.25) is 5.91 Å². The van der Waals surface area contributed by atoms with E-state index in [-0.39, 0.29) is 23.8 Å². The highest BCUT2D eigenvalue weighted by Gasteiger charge is 2.53. The highest BCUT2D eigenvalue weighted by atomic mass is 16.2. The molecule has 0 bridgehead atoms. The van der Waals surface area contributed by atoms with Crippen molar-refractivity contribution in [3.63, 3.8) is 0 Å². The van der Waals surface area contributed by atoms with Gasteiger partial charge in [-0.25, -0.2) is 4.79 Å². The van der Waals surface area contributed by atoms with E-state index in [4.69, 9.17) is 0 Å². The number of nitrogens with one attached hydrogen (secondary N) is 2. The van der Waals surface area contributed by atoms with Crippen molar-refractivity contribution in [2.75, 3.05) is 45.8 Å². The molecule has 1 aromatic carbocycles. The van der Waals surface area contributed by atoms with Crippen molar-refractivity contribution < 1.29 is 14.4 Å². The lowest BCUT2D eigenvalue weighted by Crippen LogP contribution is -2.51. The number of benzene rings is 1. The van der Waals surface area contributed by atoms with E-state index in [0.29, 0.717) is 25.3 Å². The van der Waals surface area contributed by atoms with Crippen LogP contribution in [-0.4, -0.2) is 83.9 Å². The first-order valence-electron chi connectivity index (χ1n) is 13.6. The highest BCUT2D eigenvalue weighted by Crippen LogP contribution is 2.45. The van der Waals surface area contributed by atoms with Crippen LogP contribution in [0.25, 0.3) is 0 Å². The van der Waals surface area contributed by atoms with Crippen molar-refractivity contribution in [2.24, 2.45) is 11.3 Å². The van der Waals surface area contributed by atoms with E-state index in [0.717, 1.165) is 63.4 Å². The molecule has 3 aliphatic rings. The summed E-state index contributed by atoms with van der Waals surface area (Å²) in [5.74, 6) is 0.0411. The van der Waals surface area contributed by atoms with Crippen molar-refractivity contribution >= 4 is 17.8 Å². The molecule has 2 aliphatic heterocycles. The molecule has 36 heavy (non-hydrogen) atoms. The minimum absolute atomic E-state index is 0.207. The summed E-state index contributed by atoms with van der Waals surface area (Å²) in [6, 6.07) is 10.1. The van der Waals surface area contributed by atoms with Crippen LogP contribution in [0.1, 0.15) is 58.4 Å². The molecule has 1 aromatic rings. The summed E-state index contributed by atoms with van der Waals surface area (Å²) < 4.78 is 0. The van der Waals surface area contributed by atoms with Crippen LogP contribution >= 0.6 is 0 Å². The molecule has 2 saturated heterocycles. The quantitative estimate of drug-likeness (QED) is 0.513. The SMILES string of the molecule is CCC(C)(C)C1CCC2(CC1)NC(=O)N(CC(=O)NCCN1CCN(Cc3ccccc3)CC1)C2=O. The number of rotatable bonds is 9.